The minimum absolute atomic E-state index is 0.0169. The molecule has 0 fully saturated rings. The van der Waals surface area contributed by atoms with Crippen molar-refractivity contribution in [3.8, 4) is 0 Å². The number of hydrogen-bond acceptors (Lipinski definition) is 2. The normalized spacial score (nSPS) is 13.6. The molecule has 1 heterocycles. The van der Waals surface area contributed by atoms with Gasteiger partial charge in [-0.1, -0.05) is 34.1 Å². The average molecular weight is 358 g/mol. The third-order valence-corrected chi connectivity index (χ3v) is 4.42. The Labute approximate surface area is 138 Å². The minimum atomic E-state index is -0.0250. The first-order valence-electron chi connectivity index (χ1n) is 7.27. The monoisotopic (exact) mass is 357 g/mol. The van der Waals surface area contributed by atoms with Crippen LogP contribution in [0, 0.1) is 0 Å². The Morgan fingerprint density at radius 1 is 1.09 bits per heavy atom. The van der Waals surface area contributed by atoms with Crippen LogP contribution in [0.1, 0.15) is 39.6 Å². The molecule has 0 aromatic heterocycles. The van der Waals surface area contributed by atoms with Gasteiger partial charge in [-0.15, -0.1) is 0 Å². The van der Waals surface area contributed by atoms with E-state index in [0.717, 1.165) is 28.6 Å². The molecular formula is C18H16BrNO2. The first-order chi connectivity index (χ1) is 10.6. The van der Waals surface area contributed by atoms with E-state index in [1.165, 1.54) is 0 Å². The van der Waals surface area contributed by atoms with Gasteiger partial charge in [0.05, 0.1) is 0 Å². The molecule has 3 rings (SSSR count). The summed E-state index contributed by atoms with van der Waals surface area (Å²) in [6.07, 6.45) is 1.88. The molecule has 1 aliphatic heterocycles. The van der Waals surface area contributed by atoms with E-state index in [1.54, 1.807) is 11.8 Å². The van der Waals surface area contributed by atoms with Gasteiger partial charge in [0, 0.05) is 27.8 Å². The predicted octanol–water partition coefficient (Wildman–Crippen LogP) is 4.24. The maximum absolute atomic E-state index is 12.8. The van der Waals surface area contributed by atoms with Gasteiger partial charge in [0.25, 0.3) is 5.91 Å². The molecule has 0 bridgehead atoms. The Hall–Kier alpha value is -1.94. The Morgan fingerprint density at radius 3 is 2.64 bits per heavy atom. The summed E-state index contributed by atoms with van der Waals surface area (Å²) in [4.78, 5) is 26.2. The lowest BCUT2D eigenvalue weighted by Crippen LogP contribution is -2.35. The van der Waals surface area contributed by atoms with Crippen molar-refractivity contribution < 1.29 is 9.59 Å². The second-order valence-electron chi connectivity index (χ2n) is 5.47. The van der Waals surface area contributed by atoms with Crippen LogP contribution in [0.4, 0.5) is 5.69 Å². The van der Waals surface area contributed by atoms with Crippen LogP contribution in [0.25, 0.3) is 0 Å². The molecule has 22 heavy (non-hydrogen) atoms. The molecule has 1 amide bonds. The second kappa shape index (κ2) is 6.05. The van der Waals surface area contributed by atoms with E-state index in [0.29, 0.717) is 17.7 Å². The summed E-state index contributed by atoms with van der Waals surface area (Å²) >= 11 is 3.40. The fraction of sp³-hybridized carbons (Fsp3) is 0.222. The Bertz CT molecular complexity index is 755. The molecule has 4 heteroatoms. The molecule has 2 aromatic carbocycles. The summed E-state index contributed by atoms with van der Waals surface area (Å²) in [6.45, 7) is 2.23. The first kappa shape index (κ1) is 15.0. The van der Waals surface area contributed by atoms with Crippen molar-refractivity contribution >= 4 is 33.3 Å². The van der Waals surface area contributed by atoms with E-state index in [1.807, 2.05) is 42.5 Å². The molecule has 0 radical (unpaired) electrons. The van der Waals surface area contributed by atoms with Crippen molar-refractivity contribution in [3.05, 3.63) is 63.6 Å². The Morgan fingerprint density at radius 2 is 1.91 bits per heavy atom. The summed E-state index contributed by atoms with van der Waals surface area (Å²) in [7, 11) is 0. The van der Waals surface area contributed by atoms with Crippen LogP contribution >= 0.6 is 15.9 Å². The van der Waals surface area contributed by atoms with E-state index < -0.39 is 0 Å². The Kier molecular flexibility index (Phi) is 4.12. The fourth-order valence-electron chi connectivity index (χ4n) is 2.78. The van der Waals surface area contributed by atoms with Gasteiger partial charge in [0.1, 0.15) is 0 Å². The number of Topliss-reactive ketones (excluding diaryl/α,β-unsaturated/α-hetero) is 1. The maximum atomic E-state index is 12.8. The lowest BCUT2D eigenvalue weighted by molar-refractivity contribution is 0.0981. The molecule has 0 aliphatic carbocycles. The topological polar surface area (TPSA) is 37.4 Å². The van der Waals surface area contributed by atoms with E-state index in [4.69, 9.17) is 0 Å². The van der Waals surface area contributed by atoms with Crippen molar-refractivity contribution in [1.82, 2.24) is 0 Å². The molecule has 3 nitrogen and oxygen atoms in total. The highest BCUT2D eigenvalue weighted by Gasteiger charge is 2.24. The summed E-state index contributed by atoms with van der Waals surface area (Å²) in [6, 6.07) is 13.0. The summed E-state index contributed by atoms with van der Waals surface area (Å²) in [5.41, 5.74) is 3.28. The quantitative estimate of drug-likeness (QED) is 0.753. The van der Waals surface area contributed by atoms with Crippen molar-refractivity contribution in [2.75, 3.05) is 11.4 Å². The summed E-state index contributed by atoms with van der Waals surface area (Å²) in [5.74, 6) is -0.00817. The molecule has 2 aromatic rings. The number of carbonyl (C=O) groups is 2. The SMILES string of the molecule is CC(=O)c1ccc2c(c1)N(C(=O)c1cccc(Br)c1)CCC2. The number of anilines is 1. The molecule has 0 spiro atoms. The van der Waals surface area contributed by atoms with Crippen molar-refractivity contribution in [3.63, 3.8) is 0 Å². The molecule has 0 unspecified atom stereocenters. The van der Waals surface area contributed by atoms with E-state index in [2.05, 4.69) is 15.9 Å². The number of ketones is 1. The molecule has 0 atom stereocenters. The van der Waals surface area contributed by atoms with Crippen LogP contribution in [-0.2, 0) is 6.42 Å². The highest BCUT2D eigenvalue weighted by molar-refractivity contribution is 9.10. The van der Waals surface area contributed by atoms with Gasteiger partial charge in [-0.25, -0.2) is 0 Å². The minimum Gasteiger partial charge on any atom is -0.308 e. The highest BCUT2D eigenvalue weighted by atomic mass is 79.9. The number of halogens is 1. The number of hydrogen-bond donors (Lipinski definition) is 0. The molecular weight excluding hydrogens is 342 g/mol. The van der Waals surface area contributed by atoms with Gasteiger partial charge in [0.2, 0.25) is 0 Å². The largest absolute Gasteiger partial charge is 0.308 e. The van der Waals surface area contributed by atoms with Gasteiger partial charge in [0.15, 0.2) is 5.78 Å². The standard InChI is InChI=1S/C18H16BrNO2/c1-12(21)14-8-7-13-5-3-9-20(17(13)11-14)18(22)15-4-2-6-16(19)10-15/h2,4,6-8,10-11H,3,5,9H2,1H3. The molecule has 0 saturated carbocycles. The van der Waals surface area contributed by atoms with Crippen LogP contribution < -0.4 is 4.90 Å². The highest BCUT2D eigenvalue weighted by Crippen LogP contribution is 2.30. The third-order valence-electron chi connectivity index (χ3n) is 3.93. The van der Waals surface area contributed by atoms with Gasteiger partial charge in [-0.2, -0.15) is 0 Å². The number of carbonyl (C=O) groups excluding carboxylic acids is 2. The number of benzene rings is 2. The van der Waals surface area contributed by atoms with Gasteiger partial charge in [-0.3, -0.25) is 9.59 Å². The lowest BCUT2D eigenvalue weighted by Gasteiger charge is -2.30. The number of fused-ring (bicyclic) bond motifs is 1. The molecule has 1 aliphatic rings. The smallest absolute Gasteiger partial charge is 0.258 e. The van der Waals surface area contributed by atoms with Crippen LogP contribution in [0.2, 0.25) is 0 Å². The maximum Gasteiger partial charge on any atom is 0.258 e. The van der Waals surface area contributed by atoms with Crippen LogP contribution in [0.5, 0.6) is 0 Å². The van der Waals surface area contributed by atoms with E-state index in [-0.39, 0.29) is 11.7 Å². The summed E-state index contributed by atoms with van der Waals surface area (Å²) < 4.78 is 0.882. The number of aryl methyl sites for hydroxylation is 1. The second-order valence-corrected chi connectivity index (χ2v) is 6.39. The third kappa shape index (κ3) is 2.83. The van der Waals surface area contributed by atoms with Gasteiger partial charge >= 0.3 is 0 Å². The lowest BCUT2D eigenvalue weighted by atomic mass is 9.97. The van der Waals surface area contributed by atoms with Crippen molar-refractivity contribution in [2.24, 2.45) is 0 Å². The number of rotatable bonds is 2. The van der Waals surface area contributed by atoms with E-state index >= 15 is 0 Å². The average Bonchev–Trinajstić information content (AvgIpc) is 2.53. The zero-order valence-electron chi connectivity index (χ0n) is 12.3. The van der Waals surface area contributed by atoms with Crippen LogP contribution in [-0.4, -0.2) is 18.2 Å². The van der Waals surface area contributed by atoms with Gasteiger partial charge in [-0.05, 0) is 49.6 Å². The van der Waals surface area contributed by atoms with E-state index in [9.17, 15) is 9.59 Å². The molecule has 112 valence electrons. The van der Waals surface area contributed by atoms with Gasteiger partial charge < -0.3 is 4.90 Å². The number of nitrogens with zero attached hydrogens (tertiary/aromatic N) is 1. The predicted molar refractivity (Wildman–Crippen MR) is 90.6 cm³/mol. The Balaban J connectivity index is 2.02. The first-order valence-corrected chi connectivity index (χ1v) is 8.07. The van der Waals surface area contributed by atoms with Crippen LogP contribution in [0.15, 0.2) is 46.9 Å². The molecule has 0 N–H and O–H groups in total. The fourth-order valence-corrected chi connectivity index (χ4v) is 3.18. The zero-order valence-corrected chi connectivity index (χ0v) is 13.9. The zero-order chi connectivity index (χ0) is 15.7. The van der Waals surface area contributed by atoms with Crippen LogP contribution in [0.3, 0.4) is 0 Å². The van der Waals surface area contributed by atoms with Crippen molar-refractivity contribution in [1.29, 1.82) is 0 Å². The van der Waals surface area contributed by atoms with Crippen molar-refractivity contribution in [2.45, 2.75) is 19.8 Å². The molecule has 0 saturated heterocycles. The number of amides is 1. The summed E-state index contributed by atoms with van der Waals surface area (Å²) in [5, 5.41) is 0.